The second kappa shape index (κ2) is 13.5. The van der Waals surface area contributed by atoms with Crippen molar-refractivity contribution >= 4 is 17.8 Å². The lowest BCUT2D eigenvalue weighted by Crippen LogP contribution is -2.72. The molecule has 4 amide bonds. The maximum absolute atomic E-state index is 13.3. The first-order chi connectivity index (χ1) is 17.0. The van der Waals surface area contributed by atoms with Crippen molar-refractivity contribution in [1.82, 2.24) is 20.4 Å². The van der Waals surface area contributed by atoms with Gasteiger partial charge in [0.15, 0.2) is 0 Å². The Hall–Kier alpha value is -2.61. The zero-order valence-corrected chi connectivity index (χ0v) is 21.3. The Bertz CT molecular complexity index is 823. The van der Waals surface area contributed by atoms with Gasteiger partial charge in [0.05, 0.1) is 0 Å². The number of nitrogens with two attached hydrogens (primary N) is 1. The van der Waals surface area contributed by atoms with Crippen LogP contribution < -0.4 is 16.4 Å². The average molecular weight is 486 g/mol. The van der Waals surface area contributed by atoms with E-state index in [1.807, 2.05) is 11.8 Å². The number of benzene rings is 1. The van der Waals surface area contributed by atoms with Crippen molar-refractivity contribution in [1.29, 1.82) is 0 Å². The van der Waals surface area contributed by atoms with E-state index in [4.69, 9.17) is 5.73 Å². The molecule has 0 aromatic heterocycles. The predicted molar refractivity (Wildman–Crippen MR) is 138 cm³/mol. The van der Waals surface area contributed by atoms with Crippen LogP contribution in [0.3, 0.4) is 0 Å². The van der Waals surface area contributed by atoms with Crippen LogP contribution in [0.5, 0.6) is 0 Å². The summed E-state index contributed by atoms with van der Waals surface area (Å²) < 4.78 is 0. The van der Waals surface area contributed by atoms with Gasteiger partial charge in [0.25, 0.3) is 0 Å². The van der Waals surface area contributed by atoms with Gasteiger partial charge in [0.2, 0.25) is 11.8 Å². The number of piperidine rings is 1. The standard InChI is InChI=1S/C27H43N5O3/c1-2-18-32-24(33)23(14-10-17-29-26(28)35)30-25(34)27(32)15-20-31(21-16-27)19-9-4-3-6-11-22-12-7-5-8-13-22/h5,7-8,12-13,23H,2-4,6,9-11,14-21H2,1H3,(H,30,34)(H3,28,29,35)/t23-/m1/s1. The van der Waals surface area contributed by atoms with E-state index < -0.39 is 17.6 Å². The Kier molecular flexibility index (Phi) is 10.4. The quantitative estimate of drug-likeness (QED) is 0.373. The molecule has 1 atom stereocenters. The fourth-order valence-corrected chi connectivity index (χ4v) is 5.44. The fraction of sp³-hybridized carbons (Fsp3) is 0.667. The fourth-order valence-electron chi connectivity index (χ4n) is 5.44. The van der Waals surface area contributed by atoms with Crippen molar-refractivity contribution in [2.24, 2.45) is 5.73 Å². The number of nitrogens with one attached hydrogen (secondary N) is 2. The molecule has 8 nitrogen and oxygen atoms in total. The molecule has 0 saturated carbocycles. The van der Waals surface area contributed by atoms with Gasteiger partial charge in [-0.2, -0.15) is 0 Å². The van der Waals surface area contributed by atoms with Gasteiger partial charge in [-0.15, -0.1) is 0 Å². The Morgan fingerprint density at radius 2 is 1.77 bits per heavy atom. The van der Waals surface area contributed by atoms with E-state index in [0.29, 0.717) is 38.8 Å². The van der Waals surface area contributed by atoms with Crippen LogP contribution in [0.1, 0.15) is 70.3 Å². The van der Waals surface area contributed by atoms with Gasteiger partial charge < -0.3 is 26.2 Å². The van der Waals surface area contributed by atoms with Gasteiger partial charge >= 0.3 is 6.03 Å². The summed E-state index contributed by atoms with van der Waals surface area (Å²) in [4.78, 5) is 41.8. The summed E-state index contributed by atoms with van der Waals surface area (Å²) >= 11 is 0. The first-order valence-electron chi connectivity index (χ1n) is 13.4. The highest BCUT2D eigenvalue weighted by molar-refractivity contribution is 6.00. The number of urea groups is 1. The van der Waals surface area contributed by atoms with Crippen LogP contribution in [-0.4, -0.2) is 71.9 Å². The van der Waals surface area contributed by atoms with Gasteiger partial charge in [-0.1, -0.05) is 50.1 Å². The number of unbranched alkanes of at least 4 members (excludes halogenated alkanes) is 3. The number of piperazine rings is 1. The molecule has 0 aliphatic carbocycles. The lowest BCUT2D eigenvalue weighted by Gasteiger charge is -2.51. The third-order valence-corrected chi connectivity index (χ3v) is 7.44. The molecule has 1 aromatic carbocycles. The number of likely N-dealkylation sites (tertiary alicyclic amines) is 1. The zero-order valence-electron chi connectivity index (χ0n) is 21.3. The van der Waals surface area contributed by atoms with Gasteiger partial charge in [-0.3, -0.25) is 9.59 Å². The molecule has 0 bridgehead atoms. The summed E-state index contributed by atoms with van der Waals surface area (Å²) in [5.74, 6) is -0.00337. The van der Waals surface area contributed by atoms with Crippen molar-refractivity contribution in [3.05, 3.63) is 35.9 Å². The average Bonchev–Trinajstić information content (AvgIpc) is 2.86. The lowest BCUT2D eigenvalue weighted by atomic mass is 9.81. The number of carbonyl (C=O) groups is 3. The number of primary amides is 1. The van der Waals surface area contributed by atoms with Gasteiger partial charge in [-0.05, 0) is 63.5 Å². The van der Waals surface area contributed by atoms with E-state index in [-0.39, 0.29) is 11.8 Å². The van der Waals surface area contributed by atoms with E-state index in [1.165, 1.54) is 31.2 Å². The van der Waals surface area contributed by atoms with E-state index in [9.17, 15) is 14.4 Å². The molecule has 4 N–H and O–H groups in total. The number of hydrogen-bond acceptors (Lipinski definition) is 4. The second-order valence-corrected chi connectivity index (χ2v) is 9.97. The molecule has 35 heavy (non-hydrogen) atoms. The maximum Gasteiger partial charge on any atom is 0.312 e. The zero-order chi connectivity index (χ0) is 25.1. The van der Waals surface area contributed by atoms with E-state index >= 15 is 0 Å². The number of carbonyl (C=O) groups excluding carboxylic acids is 3. The number of rotatable bonds is 13. The van der Waals surface area contributed by atoms with E-state index in [0.717, 1.165) is 32.5 Å². The van der Waals surface area contributed by atoms with Crippen LogP contribution >= 0.6 is 0 Å². The maximum atomic E-state index is 13.3. The SMILES string of the molecule is CCCN1C(=O)[C@@H](CCCNC(N)=O)NC(=O)C12CCN(CCCCCCc1ccccc1)CC2. The smallest absolute Gasteiger partial charge is 0.312 e. The van der Waals surface area contributed by atoms with Gasteiger partial charge in [0.1, 0.15) is 11.6 Å². The minimum Gasteiger partial charge on any atom is -0.352 e. The first kappa shape index (κ1) is 27.0. The van der Waals surface area contributed by atoms with Crippen LogP contribution in [0.15, 0.2) is 30.3 Å². The number of hydrogen-bond donors (Lipinski definition) is 3. The van der Waals surface area contributed by atoms with Crippen molar-refractivity contribution < 1.29 is 14.4 Å². The molecule has 2 saturated heterocycles. The summed E-state index contributed by atoms with van der Waals surface area (Å²) in [7, 11) is 0. The molecule has 2 aliphatic rings. The Morgan fingerprint density at radius 3 is 2.46 bits per heavy atom. The minimum atomic E-state index is -0.721. The van der Waals surface area contributed by atoms with Crippen LogP contribution in [0.2, 0.25) is 0 Å². The van der Waals surface area contributed by atoms with Gasteiger partial charge in [0, 0.05) is 26.2 Å². The van der Waals surface area contributed by atoms with Crippen LogP contribution in [0, 0.1) is 0 Å². The number of nitrogens with zero attached hydrogens (tertiary/aromatic N) is 2. The Balaban J connectivity index is 1.43. The molecule has 2 aliphatic heterocycles. The minimum absolute atomic E-state index is 0.0115. The first-order valence-corrected chi connectivity index (χ1v) is 13.4. The molecule has 0 unspecified atom stereocenters. The van der Waals surface area contributed by atoms with Gasteiger partial charge in [-0.25, -0.2) is 4.79 Å². The molecule has 194 valence electrons. The Morgan fingerprint density at radius 1 is 1.06 bits per heavy atom. The molecule has 8 heteroatoms. The Labute approximate surface area is 210 Å². The third-order valence-electron chi connectivity index (χ3n) is 7.44. The molecule has 1 aromatic rings. The summed E-state index contributed by atoms with van der Waals surface area (Å²) in [6.07, 6.45) is 9.29. The summed E-state index contributed by atoms with van der Waals surface area (Å²) in [6.45, 7) is 5.79. The molecule has 0 radical (unpaired) electrons. The molecular formula is C27H43N5O3. The number of amides is 4. The van der Waals surface area contributed by atoms with Crippen molar-refractivity contribution in [2.75, 3.05) is 32.7 Å². The summed E-state index contributed by atoms with van der Waals surface area (Å²) in [5.41, 5.74) is 5.79. The van der Waals surface area contributed by atoms with E-state index in [2.05, 4.69) is 45.9 Å². The second-order valence-electron chi connectivity index (χ2n) is 9.97. The van der Waals surface area contributed by atoms with Crippen LogP contribution in [-0.2, 0) is 16.0 Å². The highest BCUT2D eigenvalue weighted by Gasteiger charge is 2.52. The monoisotopic (exact) mass is 485 g/mol. The highest BCUT2D eigenvalue weighted by atomic mass is 16.2. The molecule has 2 heterocycles. The summed E-state index contributed by atoms with van der Waals surface area (Å²) in [6, 6.07) is 9.56. The third kappa shape index (κ3) is 7.43. The van der Waals surface area contributed by atoms with Crippen molar-refractivity contribution in [3.63, 3.8) is 0 Å². The largest absolute Gasteiger partial charge is 0.352 e. The number of aryl methyl sites for hydroxylation is 1. The normalized spacial score (nSPS) is 20.1. The van der Waals surface area contributed by atoms with Crippen LogP contribution in [0.4, 0.5) is 4.79 Å². The van der Waals surface area contributed by atoms with Crippen molar-refractivity contribution in [2.45, 2.75) is 82.7 Å². The van der Waals surface area contributed by atoms with E-state index in [1.54, 1.807) is 0 Å². The predicted octanol–water partition coefficient (Wildman–Crippen LogP) is 2.81. The molecular weight excluding hydrogens is 442 g/mol. The summed E-state index contributed by atoms with van der Waals surface area (Å²) in [5, 5.41) is 5.55. The molecule has 3 rings (SSSR count). The highest BCUT2D eigenvalue weighted by Crippen LogP contribution is 2.34. The van der Waals surface area contributed by atoms with Crippen LogP contribution in [0.25, 0.3) is 0 Å². The lowest BCUT2D eigenvalue weighted by molar-refractivity contribution is -0.161. The van der Waals surface area contributed by atoms with Crippen molar-refractivity contribution in [3.8, 4) is 0 Å². The topological polar surface area (TPSA) is 108 Å². The molecule has 2 fully saturated rings. The molecule has 1 spiro atoms.